The molecule has 0 aliphatic heterocycles. The molecule has 0 spiro atoms. The van der Waals surface area contributed by atoms with Crippen molar-refractivity contribution in [3.05, 3.63) is 120 Å². The predicted molar refractivity (Wildman–Crippen MR) is 141 cm³/mol. The molecule has 2 aromatic carbocycles. The number of rotatable bonds is 6. The van der Waals surface area contributed by atoms with Crippen LogP contribution in [0.4, 0.5) is 11.4 Å². The summed E-state index contributed by atoms with van der Waals surface area (Å²) in [5.41, 5.74) is 9.61. The summed E-state index contributed by atoms with van der Waals surface area (Å²) in [7, 11) is 2.69. The number of anilines is 2. The molecule has 0 aliphatic carbocycles. The summed E-state index contributed by atoms with van der Waals surface area (Å²) in [6.07, 6.45) is 7.52. The minimum absolute atomic E-state index is 0.318. The first-order valence-corrected chi connectivity index (χ1v) is 11.1. The number of pyridine rings is 2. The maximum atomic E-state index is 11.3. The summed E-state index contributed by atoms with van der Waals surface area (Å²) in [6.45, 7) is 0.688. The Hall–Kier alpha value is -5.05. The lowest BCUT2D eigenvalue weighted by atomic mass is 10.1. The lowest BCUT2D eigenvalue weighted by Crippen LogP contribution is -2.03. The van der Waals surface area contributed by atoms with E-state index in [0.717, 1.165) is 17.5 Å². The van der Waals surface area contributed by atoms with Gasteiger partial charge in [0.2, 0.25) is 0 Å². The Labute approximate surface area is 215 Å². The summed E-state index contributed by atoms with van der Waals surface area (Å²) in [4.78, 5) is 40.2. The van der Waals surface area contributed by atoms with E-state index in [2.05, 4.69) is 24.8 Å². The van der Waals surface area contributed by atoms with E-state index in [0.29, 0.717) is 28.9 Å². The first-order chi connectivity index (χ1) is 18.0. The average molecular weight is 501 g/mol. The second-order valence-corrected chi connectivity index (χ2v) is 7.30. The molecule has 0 saturated carbocycles. The molecule has 2 heterocycles. The molecule has 0 amide bonds. The van der Waals surface area contributed by atoms with Crippen molar-refractivity contribution in [2.45, 2.75) is 6.54 Å². The number of nitrogens with one attached hydrogen (secondary N) is 1. The molecule has 0 fully saturated rings. The number of methoxy groups -OCH3 is 2. The number of carbonyl (C=O) groups excluding carboxylic acids is 3. The van der Waals surface area contributed by atoms with Crippen LogP contribution in [0.5, 0.6) is 0 Å². The van der Waals surface area contributed by atoms with Gasteiger partial charge >= 0.3 is 11.9 Å². The summed E-state index contributed by atoms with van der Waals surface area (Å²) >= 11 is 0. The van der Waals surface area contributed by atoms with E-state index in [1.807, 2.05) is 24.3 Å². The van der Waals surface area contributed by atoms with Gasteiger partial charge in [-0.3, -0.25) is 14.8 Å². The molecule has 37 heavy (non-hydrogen) atoms. The van der Waals surface area contributed by atoms with Gasteiger partial charge in [-0.15, -0.1) is 0 Å². The zero-order valence-electron chi connectivity index (χ0n) is 20.5. The summed E-state index contributed by atoms with van der Waals surface area (Å²) in [6, 6.07) is 21.0. The molecule has 4 rings (SSSR count). The fourth-order valence-corrected chi connectivity index (χ4v) is 2.74. The molecule has 0 atom stereocenters. The van der Waals surface area contributed by atoms with E-state index in [1.165, 1.54) is 14.2 Å². The van der Waals surface area contributed by atoms with E-state index in [4.69, 9.17) is 5.73 Å². The Morgan fingerprint density at radius 2 is 1.35 bits per heavy atom. The van der Waals surface area contributed by atoms with Crippen molar-refractivity contribution >= 4 is 29.6 Å². The van der Waals surface area contributed by atoms with Crippen molar-refractivity contribution < 1.29 is 23.9 Å². The van der Waals surface area contributed by atoms with Crippen molar-refractivity contribution in [3.63, 3.8) is 0 Å². The minimum Gasteiger partial charge on any atom is -0.465 e. The van der Waals surface area contributed by atoms with Crippen LogP contribution in [0.1, 0.15) is 36.6 Å². The van der Waals surface area contributed by atoms with Crippen molar-refractivity contribution in [3.8, 4) is 0 Å². The number of aromatic nitrogens is 2. The fourth-order valence-electron chi connectivity index (χ4n) is 2.74. The third-order valence-corrected chi connectivity index (χ3v) is 4.69. The molecule has 2 aromatic heterocycles. The lowest BCUT2D eigenvalue weighted by molar-refractivity contribution is 0.0592. The zero-order chi connectivity index (χ0) is 26.9. The number of hydrogen-bond donors (Lipinski definition) is 2. The number of nitrogens with zero attached hydrogens (tertiary/aromatic N) is 2. The molecule has 0 unspecified atom stereocenters. The Balaban J connectivity index is 0.000000217. The van der Waals surface area contributed by atoms with E-state index in [9.17, 15) is 14.4 Å². The summed E-state index contributed by atoms with van der Waals surface area (Å²) in [5.74, 6) is -0.714. The molecule has 0 bridgehead atoms. The van der Waals surface area contributed by atoms with Gasteiger partial charge in [-0.1, -0.05) is 24.3 Å². The third kappa shape index (κ3) is 10.4. The largest absolute Gasteiger partial charge is 0.465 e. The summed E-state index contributed by atoms with van der Waals surface area (Å²) < 4.78 is 9.13. The van der Waals surface area contributed by atoms with Gasteiger partial charge in [0.1, 0.15) is 6.29 Å². The van der Waals surface area contributed by atoms with Crippen LogP contribution in [0.2, 0.25) is 0 Å². The van der Waals surface area contributed by atoms with Crippen LogP contribution in [-0.4, -0.2) is 42.4 Å². The number of benzene rings is 2. The van der Waals surface area contributed by atoms with Crippen molar-refractivity contribution in [1.29, 1.82) is 0 Å². The highest BCUT2D eigenvalue weighted by molar-refractivity contribution is 5.90. The maximum absolute atomic E-state index is 11.3. The van der Waals surface area contributed by atoms with Gasteiger partial charge in [-0.2, -0.15) is 0 Å². The molecular formula is C28H28N4O5. The molecule has 190 valence electrons. The van der Waals surface area contributed by atoms with Gasteiger partial charge in [-0.05, 0) is 54.1 Å². The highest BCUT2D eigenvalue weighted by Crippen LogP contribution is 2.09. The molecule has 0 aliphatic rings. The Morgan fingerprint density at radius 3 is 1.76 bits per heavy atom. The van der Waals surface area contributed by atoms with Crippen molar-refractivity contribution in [2.24, 2.45) is 0 Å². The number of nitrogens with two attached hydrogens (primary N) is 1. The molecule has 0 saturated heterocycles. The highest BCUT2D eigenvalue weighted by Gasteiger charge is 2.04. The Morgan fingerprint density at radius 1 is 0.811 bits per heavy atom. The third-order valence-electron chi connectivity index (χ3n) is 4.69. The van der Waals surface area contributed by atoms with E-state index in [-0.39, 0.29) is 5.97 Å². The van der Waals surface area contributed by atoms with Gasteiger partial charge < -0.3 is 20.5 Å². The van der Waals surface area contributed by atoms with Crippen LogP contribution in [0.3, 0.4) is 0 Å². The molecule has 9 heteroatoms. The maximum Gasteiger partial charge on any atom is 0.337 e. The van der Waals surface area contributed by atoms with Gasteiger partial charge in [-0.25, -0.2) is 9.59 Å². The zero-order valence-corrected chi connectivity index (χ0v) is 20.5. The molecule has 0 radical (unpaired) electrons. The Kier molecular flexibility index (Phi) is 12.0. The first kappa shape index (κ1) is 28.2. The van der Waals surface area contributed by atoms with E-state index in [1.54, 1.807) is 73.3 Å². The number of aldehydes is 1. The standard InChI is InChI=1S/C14H14N2O2.C9H8O3.C5H6N2/c1-18-14(17)12-6-4-11(5-7-12)9-16-13-3-2-8-15-10-13;1-12-9(11)8-4-2-7(6-10)3-5-8;6-5-2-1-3-7-4-5/h2-8,10,16H,9H2,1H3;2-6H,1H3;1-4H,6H2. The second kappa shape index (κ2) is 15.8. The van der Waals surface area contributed by atoms with Crippen LogP contribution in [0.15, 0.2) is 97.6 Å². The summed E-state index contributed by atoms with van der Waals surface area (Å²) in [5, 5.41) is 3.24. The van der Waals surface area contributed by atoms with Crippen molar-refractivity contribution in [2.75, 3.05) is 25.3 Å². The van der Waals surface area contributed by atoms with Gasteiger partial charge in [0.15, 0.2) is 0 Å². The lowest BCUT2D eigenvalue weighted by Gasteiger charge is -2.06. The number of ether oxygens (including phenoxy) is 2. The average Bonchev–Trinajstić information content (AvgIpc) is 2.97. The normalized spacial score (nSPS) is 9.35. The number of esters is 2. The monoisotopic (exact) mass is 500 g/mol. The number of hydrogen-bond acceptors (Lipinski definition) is 9. The van der Waals surface area contributed by atoms with Crippen LogP contribution in [0, 0.1) is 0 Å². The van der Waals surface area contributed by atoms with Crippen LogP contribution in [0.25, 0.3) is 0 Å². The predicted octanol–water partition coefficient (Wildman–Crippen LogP) is 4.43. The molecule has 3 N–H and O–H groups in total. The highest BCUT2D eigenvalue weighted by atomic mass is 16.5. The number of nitrogen functional groups attached to an aromatic ring is 1. The smallest absolute Gasteiger partial charge is 0.337 e. The van der Waals surface area contributed by atoms with Gasteiger partial charge in [0.25, 0.3) is 0 Å². The van der Waals surface area contributed by atoms with Crippen molar-refractivity contribution in [1.82, 2.24) is 9.97 Å². The van der Waals surface area contributed by atoms with Crippen LogP contribution < -0.4 is 11.1 Å². The topological polar surface area (TPSA) is 134 Å². The molecule has 4 aromatic rings. The SMILES string of the molecule is COC(=O)c1ccc(C=O)cc1.COC(=O)c1ccc(CNc2cccnc2)cc1.Nc1cccnc1. The van der Waals surface area contributed by atoms with E-state index < -0.39 is 5.97 Å². The van der Waals surface area contributed by atoms with E-state index >= 15 is 0 Å². The quantitative estimate of drug-likeness (QED) is 0.291. The minimum atomic E-state index is -0.396. The fraction of sp³-hybridized carbons (Fsp3) is 0.107. The van der Waals surface area contributed by atoms with Crippen LogP contribution in [-0.2, 0) is 16.0 Å². The Bertz CT molecular complexity index is 1230. The molecule has 9 nitrogen and oxygen atoms in total. The van der Waals surface area contributed by atoms with Crippen LogP contribution >= 0.6 is 0 Å². The second-order valence-electron chi connectivity index (χ2n) is 7.30. The van der Waals surface area contributed by atoms with Gasteiger partial charge in [0, 0.05) is 36.9 Å². The number of carbonyl (C=O) groups is 3. The molecular weight excluding hydrogens is 472 g/mol. The first-order valence-electron chi connectivity index (χ1n) is 11.1. The van der Waals surface area contributed by atoms with Gasteiger partial charge in [0.05, 0.1) is 36.7 Å².